The van der Waals surface area contributed by atoms with Gasteiger partial charge in [-0.2, -0.15) is 12.2 Å². The van der Waals surface area contributed by atoms with E-state index in [1.54, 1.807) is 0 Å². The maximum atomic E-state index is 2.99. The molecule has 0 radical (unpaired) electrons. The van der Waals surface area contributed by atoms with E-state index >= 15 is 0 Å². The normalized spacial score (nSPS) is 8.00. The standard InChI is InChI=1S/2C5H5.9CH3.2ClH.Hf/c2*1-2-4-5-3-1;;;;;;;;;;;;/h2*1-3H,4H2;9*1H3;2*1H;/q11*-1;;;. The molecule has 0 saturated carbocycles. The van der Waals surface area contributed by atoms with Gasteiger partial charge in [0, 0.05) is 25.8 Å². The molecule has 0 aromatic carbocycles. The Morgan fingerprint density at radius 3 is 0.773 bits per heavy atom. The molecule has 2 rings (SSSR count). The SMILES string of the molecule is Cl.Cl.[C-]1=CC=CC1.[C-]1=CC=CC1.[CH3-].[CH3-].[CH3-].[CH3-].[CH3-].[CH3-].[CH3-].[CH3-].[CH3-].[Hf]. The van der Waals surface area contributed by atoms with Crippen LogP contribution in [-0.4, -0.2) is 0 Å². The van der Waals surface area contributed by atoms with E-state index in [-0.39, 0.29) is 117 Å². The summed E-state index contributed by atoms with van der Waals surface area (Å²) < 4.78 is 0. The molecule has 0 saturated heterocycles. The summed E-state index contributed by atoms with van der Waals surface area (Å²) in [5.74, 6) is 0. The molecule has 0 amide bonds. The molecule has 0 nitrogen and oxygen atoms in total. The first-order valence-corrected chi connectivity index (χ1v) is 3.43. The predicted molar refractivity (Wildman–Crippen MR) is 115 cm³/mol. The predicted octanol–water partition coefficient (Wildman–Crippen LogP) is 7.51. The Morgan fingerprint density at radius 1 is 0.500 bits per heavy atom. The molecule has 22 heavy (non-hydrogen) atoms. The first-order chi connectivity index (χ1) is 5.00. The molecule has 2 aliphatic carbocycles. The summed E-state index contributed by atoms with van der Waals surface area (Å²) in [6, 6.07) is 0. The van der Waals surface area contributed by atoms with Gasteiger partial charge in [0.15, 0.2) is 0 Å². The van der Waals surface area contributed by atoms with Gasteiger partial charge in [-0.05, 0) is 0 Å². The van der Waals surface area contributed by atoms with E-state index in [0.717, 1.165) is 12.8 Å². The Kier molecular flexibility index (Phi) is 355. The first kappa shape index (κ1) is 94.8. The second kappa shape index (κ2) is 82.3. The summed E-state index contributed by atoms with van der Waals surface area (Å²) in [6.07, 6.45) is 20.0. The number of hydrogen-bond acceptors (Lipinski definition) is 0. The van der Waals surface area contributed by atoms with Crippen LogP contribution in [0.5, 0.6) is 0 Å². The van der Waals surface area contributed by atoms with Gasteiger partial charge < -0.3 is 66.8 Å². The van der Waals surface area contributed by atoms with E-state index in [0.29, 0.717) is 0 Å². The molecule has 0 heterocycles. The molecule has 0 N–H and O–H groups in total. The molecular formula is C19H39Cl2Hf-11. The third kappa shape index (κ3) is 71.0. The van der Waals surface area contributed by atoms with Gasteiger partial charge >= 0.3 is 0 Å². The molecule has 0 aromatic heterocycles. The molecule has 0 aromatic rings. The smallest absolute Gasteiger partial charge is 0 e. The molecule has 0 fully saturated rings. The maximum Gasteiger partial charge on any atom is 0 e. The number of hydrogen-bond donors (Lipinski definition) is 0. The summed E-state index contributed by atoms with van der Waals surface area (Å²) in [7, 11) is 0. The van der Waals surface area contributed by atoms with E-state index in [9.17, 15) is 0 Å². The zero-order chi connectivity index (χ0) is 7.07. The van der Waals surface area contributed by atoms with Crippen LogP contribution in [0.1, 0.15) is 12.8 Å². The molecule has 144 valence electrons. The van der Waals surface area contributed by atoms with Gasteiger partial charge in [-0.3, -0.25) is 12.2 Å². The number of rotatable bonds is 0. The second-order valence-corrected chi connectivity index (χ2v) is 2.01. The third-order valence-electron chi connectivity index (χ3n) is 1.17. The molecule has 0 bridgehead atoms. The van der Waals surface area contributed by atoms with Crippen molar-refractivity contribution < 1.29 is 25.8 Å². The molecule has 0 spiro atoms. The van der Waals surface area contributed by atoms with E-state index in [2.05, 4.69) is 24.3 Å². The monoisotopic (exact) mass is 517 g/mol. The van der Waals surface area contributed by atoms with E-state index < -0.39 is 0 Å². The van der Waals surface area contributed by atoms with Gasteiger partial charge in [0.25, 0.3) is 0 Å². The maximum absolute atomic E-state index is 2.99. The summed E-state index contributed by atoms with van der Waals surface area (Å²) in [4.78, 5) is 0. The zero-order valence-corrected chi connectivity index (χ0v) is 21.4. The summed E-state index contributed by atoms with van der Waals surface area (Å²) in [5.41, 5.74) is 0. The van der Waals surface area contributed by atoms with Crippen molar-refractivity contribution in [1.82, 2.24) is 0 Å². The van der Waals surface area contributed by atoms with Crippen molar-refractivity contribution in [3.05, 3.63) is 115 Å². The van der Waals surface area contributed by atoms with Crippen LogP contribution >= 0.6 is 24.8 Å². The van der Waals surface area contributed by atoms with Crippen LogP contribution in [0.25, 0.3) is 0 Å². The Morgan fingerprint density at radius 2 is 0.727 bits per heavy atom. The van der Waals surface area contributed by atoms with Crippen molar-refractivity contribution in [2.75, 3.05) is 0 Å². The second-order valence-electron chi connectivity index (χ2n) is 2.01. The Balaban J connectivity index is -0.00000000588. The van der Waals surface area contributed by atoms with Crippen LogP contribution in [0.15, 0.2) is 36.5 Å². The largest absolute Gasteiger partial charge is 0.358 e. The molecule has 0 atom stereocenters. The minimum atomic E-state index is 0. The van der Waals surface area contributed by atoms with E-state index in [4.69, 9.17) is 0 Å². The van der Waals surface area contributed by atoms with Crippen LogP contribution in [0.2, 0.25) is 0 Å². The number of allylic oxidation sites excluding steroid dienone is 8. The van der Waals surface area contributed by atoms with Crippen LogP contribution in [0.4, 0.5) is 0 Å². The van der Waals surface area contributed by atoms with Crippen molar-refractivity contribution in [2.45, 2.75) is 12.8 Å². The van der Waals surface area contributed by atoms with E-state index in [1.165, 1.54) is 0 Å². The van der Waals surface area contributed by atoms with Crippen LogP contribution in [0.3, 0.4) is 0 Å². The topological polar surface area (TPSA) is 0 Å². The molecule has 0 aliphatic heterocycles. The van der Waals surface area contributed by atoms with Crippen molar-refractivity contribution >= 4 is 24.8 Å². The molecule has 3 heteroatoms. The first-order valence-electron chi connectivity index (χ1n) is 3.43. The minimum Gasteiger partial charge on any atom is -0.358 e. The number of halogens is 2. The third-order valence-corrected chi connectivity index (χ3v) is 1.17. The average Bonchev–Trinajstić information content (AvgIpc) is 2.67. The van der Waals surface area contributed by atoms with Gasteiger partial charge in [0.1, 0.15) is 0 Å². The molecule has 2 aliphatic rings. The van der Waals surface area contributed by atoms with Crippen molar-refractivity contribution in [2.24, 2.45) is 0 Å². The van der Waals surface area contributed by atoms with Crippen molar-refractivity contribution in [3.8, 4) is 0 Å². The Bertz CT molecular complexity index is 154. The Labute approximate surface area is 178 Å². The fraction of sp³-hybridized carbons (Fsp3) is 0.105. The van der Waals surface area contributed by atoms with Gasteiger partial charge in [-0.1, -0.05) is 0 Å². The van der Waals surface area contributed by atoms with Crippen LogP contribution in [0, 0.1) is 79.0 Å². The van der Waals surface area contributed by atoms with Crippen molar-refractivity contribution in [1.29, 1.82) is 0 Å². The van der Waals surface area contributed by atoms with Crippen molar-refractivity contribution in [3.63, 3.8) is 0 Å². The van der Waals surface area contributed by atoms with Gasteiger partial charge in [0.2, 0.25) is 0 Å². The molecule has 0 unspecified atom stereocenters. The summed E-state index contributed by atoms with van der Waals surface area (Å²) >= 11 is 0. The zero-order valence-electron chi connectivity index (χ0n) is 16.2. The fourth-order valence-corrected chi connectivity index (χ4v) is 0.680. The van der Waals surface area contributed by atoms with Gasteiger partial charge in [-0.25, -0.2) is 24.3 Å². The minimum absolute atomic E-state index is 0. The summed E-state index contributed by atoms with van der Waals surface area (Å²) in [5, 5.41) is 0. The van der Waals surface area contributed by atoms with Gasteiger partial charge in [0.05, 0.1) is 0 Å². The van der Waals surface area contributed by atoms with Gasteiger partial charge in [-0.15, -0.1) is 37.7 Å². The fourth-order valence-electron chi connectivity index (χ4n) is 0.680. The quantitative estimate of drug-likeness (QED) is 0.231. The van der Waals surface area contributed by atoms with Crippen LogP contribution < -0.4 is 0 Å². The van der Waals surface area contributed by atoms with E-state index in [1.807, 2.05) is 24.3 Å². The Hall–Kier alpha value is 0.410. The molecular weight excluding hydrogens is 478 g/mol. The summed E-state index contributed by atoms with van der Waals surface area (Å²) in [6.45, 7) is 0. The average molecular weight is 517 g/mol. The van der Waals surface area contributed by atoms with Crippen LogP contribution in [-0.2, 0) is 25.8 Å².